The lowest BCUT2D eigenvalue weighted by atomic mass is 9.79. The number of sulfonamides is 1. The lowest BCUT2D eigenvalue weighted by molar-refractivity contribution is -0.228. The molecule has 5 rings (SSSR count). The number of carbonyl (C=O) groups is 1. The Hall–Kier alpha value is -3.13. The molecule has 1 aliphatic carbocycles. The summed E-state index contributed by atoms with van der Waals surface area (Å²) in [6.45, 7) is 0. The number of amides is 1. The van der Waals surface area contributed by atoms with Gasteiger partial charge >= 0.3 is 0 Å². The van der Waals surface area contributed by atoms with Crippen LogP contribution in [0.4, 0.5) is 11.6 Å². The molecule has 3 aromatic heterocycles. The summed E-state index contributed by atoms with van der Waals surface area (Å²) < 4.78 is 24.5. The van der Waals surface area contributed by atoms with Gasteiger partial charge in [0.2, 0.25) is 5.95 Å². The van der Waals surface area contributed by atoms with Gasteiger partial charge in [0, 0.05) is 11.6 Å². The van der Waals surface area contributed by atoms with Crippen LogP contribution in [0.25, 0.3) is 11.0 Å². The molecule has 4 heterocycles. The SMILES string of the molecule is NS(=O)(=O)c1ccc(Nc2ncc3cc4n(c3n2)C2(CCCCC2)C(=O)N(O)C4O)cn1. The molecule has 1 spiro atoms. The van der Waals surface area contributed by atoms with E-state index >= 15 is 0 Å². The van der Waals surface area contributed by atoms with Crippen LogP contribution >= 0.6 is 0 Å². The minimum Gasteiger partial charge on any atom is -0.366 e. The molecule has 32 heavy (non-hydrogen) atoms. The second kappa shape index (κ2) is 7.20. The molecule has 5 N–H and O–H groups in total. The zero-order valence-corrected chi connectivity index (χ0v) is 17.7. The summed E-state index contributed by atoms with van der Waals surface area (Å²) in [6, 6.07) is 4.41. The summed E-state index contributed by atoms with van der Waals surface area (Å²) in [5, 5.41) is 29.6. The van der Waals surface area contributed by atoms with Crippen LogP contribution in [0.3, 0.4) is 0 Å². The Bertz CT molecular complexity index is 1320. The smallest absolute Gasteiger partial charge is 0.275 e. The lowest BCUT2D eigenvalue weighted by Gasteiger charge is -2.45. The molecule has 1 amide bonds. The first-order valence-electron chi connectivity index (χ1n) is 10.1. The summed E-state index contributed by atoms with van der Waals surface area (Å²) in [5.41, 5.74) is 0.240. The Morgan fingerprint density at radius 2 is 1.91 bits per heavy atom. The van der Waals surface area contributed by atoms with Crippen LogP contribution in [0, 0.1) is 0 Å². The average Bonchev–Trinajstić information content (AvgIpc) is 3.16. The third kappa shape index (κ3) is 3.12. The summed E-state index contributed by atoms with van der Waals surface area (Å²) >= 11 is 0. The van der Waals surface area contributed by atoms with Gasteiger partial charge in [-0.05, 0) is 31.0 Å². The van der Waals surface area contributed by atoms with Crippen molar-refractivity contribution < 1.29 is 23.5 Å². The van der Waals surface area contributed by atoms with Gasteiger partial charge in [0.05, 0.1) is 17.6 Å². The van der Waals surface area contributed by atoms with Crippen LogP contribution < -0.4 is 10.5 Å². The Morgan fingerprint density at radius 1 is 1.16 bits per heavy atom. The molecule has 1 atom stereocenters. The highest BCUT2D eigenvalue weighted by atomic mass is 32.2. The highest BCUT2D eigenvalue weighted by molar-refractivity contribution is 7.89. The van der Waals surface area contributed by atoms with E-state index in [1.165, 1.54) is 18.3 Å². The number of fused-ring (bicyclic) bond motifs is 4. The molecule has 12 nitrogen and oxygen atoms in total. The first-order valence-corrected chi connectivity index (χ1v) is 11.6. The Labute approximate surface area is 182 Å². The molecule has 168 valence electrons. The van der Waals surface area contributed by atoms with Crippen molar-refractivity contribution in [3.05, 3.63) is 36.3 Å². The number of carbonyl (C=O) groups excluding carboxylic acids is 1. The minimum atomic E-state index is -3.91. The monoisotopic (exact) mass is 459 g/mol. The number of nitrogens with one attached hydrogen (secondary N) is 1. The molecule has 0 saturated heterocycles. The fourth-order valence-corrected chi connectivity index (χ4v) is 5.04. The summed E-state index contributed by atoms with van der Waals surface area (Å²) in [4.78, 5) is 25.7. The van der Waals surface area contributed by atoms with E-state index in [0.717, 1.165) is 19.3 Å². The van der Waals surface area contributed by atoms with E-state index in [0.29, 0.717) is 40.3 Å². The highest BCUT2D eigenvalue weighted by Gasteiger charge is 2.51. The summed E-state index contributed by atoms with van der Waals surface area (Å²) in [5.74, 6) is -0.353. The minimum absolute atomic E-state index is 0.197. The van der Waals surface area contributed by atoms with Crippen LogP contribution in [0.15, 0.2) is 35.6 Å². The molecule has 1 saturated carbocycles. The largest absolute Gasteiger partial charge is 0.366 e. The lowest BCUT2D eigenvalue weighted by Crippen LogP contribution is -2.56. The van der Waals surface area contributed by atoms with Gasteiger partial charge in [0.15, 0.2) is 11.3 Å². The maximum absolute atomic E-state index is 13.1. The van der Waals surface area contributed by atoms with E-state index in [1.807, 2.05) is 0 Å². The molecule has 1 aliphatic heterocycles. The normalized spacial score (nSPS) is 20.5. The number of primary sulfonamides is 1. The van der Waals surface area contributed by atoms with Gasteiger partial charge in [-0.25, -0.2) is 23.5 Å². The van der Waals surface area contributed by atoms with Gasteiger partial charge in [-0.15, -0.1) is 0 Å². The molecule has 13 heteroatoms. The second-order valence-corrected chi connectivity index (χ2v) is 9.56. The van der Waals surface area contributed by atoms with Gasteiger partial charge in [0.1, 0.15) is 11.2 Å². The number of hydrogen-bond donors (Lipinski definition) is 4. The number of hydrogen-bond acceptors (Lipinski definition) is 9. The number of aromatic nitrogens is 4. The predicted octanol–water partition coefficient (Wildman–Crippen LogP) is 1.10. The number of pyridine rings is 1. The van der Waals surface area contributed by atoms with E-state index in [4.69, 9.17) is 5.14 Å². The van der Waals surface area contributed by atoms with Crippen LogP contribution in [-0.4, -0.2) is 49.2 Å². The Morgan fingerprint density at radius 3 is 2.56 bits per heavy atom. The molecule has 0 bridgehead atoms. The first-order chi connectivity index (χ1) is 15.2. The zero-order valence-electron chi connectivity index (χ0n) is 16.8. The van der Waals surface area contributed by atoms with Gasteiger partial charge in [-0.2, -0.15) is 10.0 Å². The van der Waals surface area contributed by atoms with Gasteiger partial charge in [0.25, 0.3) is 15.9 Å². The molecule has 0 radical (unpaired) electrons. The molecule has 1 fully saturated rings. The van der Waals surface area contributed by atoms with Crippen molar-refractivity contribution in [1.29, 1.82) is 0 Å². The summed E-state index contributed by atoms with van der Waals surface area (Å²) in [6.07, 6.45) is 5.01. The average molecular weight is 459 g/mol. The first kappa shape index (κ1) is 20.8. The van der Waals surface area contributed by atoms with Gasteiger partial charge < -0.3 is 15.0 Å². The number of aliphatic hydroxyl groups is 1. The van der Waals surface area contributed by atoms with Crippen molar-refractivity contribution in [1.82, 2.24) is 24.6 Å². The molecule has 3 aromatic rings. The van der Waals surface area contributed by atoms with E-state index in [1.54, 1.807) is 16.8 Å². The van der Waals surface area contributed by atoms with E-state index < -0.39 is 27.7 Å². The number of nitrogens with two attached hydrogens (primary N) is 1. The molecular weight excluding hydrogens is 438 g/mol. The third-order valence-corrected chi connectivity index (χ3v) is 6.89. The number of anilines is 2. The fourth-order valence-electron chi connectivity index (χ4n) is 4.58. The number of aliphatic hydroxyl groups excluding tert-OH is 1. The molecule has 1 unspecified atom stereocenters. The van der Waals surface area contributed by atoms with Crippen LogP contribution in [0.1, 0.15) is 44.0 Å². The topological polar surface area (TPSA) is 177 Å². The van der Waals surface area contributed by atoms with E-state index in [9.17, 15) is 23.5 Å². The van der Waals surface area contributed by atoms with Crippen LogP contribution in [-0.2, 0) is 20.4 Å². The number of hydroxylamine groups is 2. The molecule has 2 aliphatic rings. The number of nitrogens with zero attached hydrogens (tertiary/aromatic N) is 5. The van der Waals surface area contributed by atoms with Crippen molar-refractivity contribution in [3.8, 4) is 0 Å². The van der Waals surface area contributed by atoms with Crippen molar-refractivity contribution in [3.63, 3.8) is 0 Å². The predicted molar refractivity (Wildman–Crippen MR) is 111 cm³/mol. The highest BCUT2D eigenvalue weighted by Crippen LogP contribution is 2.45. The van der Waals surface area contributed by atoms with E-state index in [-0.39, 0.29) is 11.0 Å². The second-order valence-electron chi connectivity index (χ2n) is 8.05. The molecular formula is C19H21N7O5S. The van der Waals surface area contributed by atoms with Crippen molar-refractivity contribution in [2.24, 2.45) is 5.14 Å². The zero-order chi connectivity index (χ0) is 22.7. The van der Waals surface area contributed by atoms with Gasteiger partial charge in [-0.1, -0.05) is 19.3 Å². The maximum Gasteiger partial charge on any atom is 0.275 e. The van der Waals surface area contributed by atoms with Crippen LogP contribution in [0.2, 0.25) is 0 Å². The maximum atomic E-state index is 13.1. The quantitative estimate of drug-likeness (QED) is 0.418. The van der Waals surface area contributed by atoms with E-state index in [2.05, 4.69) is 20.3 Å². The summed E-state index contributed by atoms with van der Waals surface area (Å²) in [7, 11) is -3.91. The molecule has 0 aromatic carbocycles. The Balaban J connectivity index is 1.59. The van der Waals surface area contributed by atoms with Crippen molar-refractivity contribution in [2.45, 2.75) is 48.9 Å². The Kier molecular flexibility index (Phi) is 4.67. The van der Waals surface area contributed by atoms with Crippen molar-refractivity contribution >= 4 is 38.6 Å². The van der Waals surface area contributed by atoms with Crippen LogP contribution in [0.5, 0.6) is 0 Å². The van der Waals surface area contributed by atoms with Gasteiger partial charge in [-0.3, -0.25) is 10.0 Å². The number of rotatable bonds is 3. The standard InChI is InChI=1S/C19H21N7O5S/c20-32(30,31)14-5-4-12(10-21-14)23-18-22-9-11-8-13-16(27)26(29)17(28)19(6-2-1-3-7-19)25(13)15(11)24-18/h4-5,8-10,16,27,29H,1-3,6-7H2,(H2,20,30,31)(H,22,23,24). The van der Waals surface area contributed by atoms with Crippen molar-refractivity contribution in [2.75, 3.05) is 5.32 Å². The fraction of sp³-hybridized carbons (Fsp3) is 0.368. The third-order valence-electron chi connectivity index (χ3n) is 6.06.